The third-order valence-electron chi connectivity index (χ3n) is 3.02. The van der Waals surface area contributed by atoms with Crippen LogP contribution in [0.5, 0.6) is 5.75 Å². The molecule has 0 aliphatic carbocycles. The van der Waals surface area contributed by atoms with Crippen LogP contribution in [0.15, 0.2) is 30.5 Å². The molecule has 102 valence electrons. The standard InChI is InChI=1S/C14H18ClN3O/c1-18-10-13(16-17-18)7-12(9-15)6-11-4-3-5-14(8-11)19-2/h3-5,8,10,12H,6-7,9H2,1-2H3. The minimum Gasteiger partial charge on any atom is -0.497 e. The zero-order chi connectivity index (χ0) is 13.7. The summed E-state index contributed by atoms with van der Waals surface area (Å²) in [6, 6.07) is 8.10. The van der Waals surface area contributed by atoms with Gasteiger partial charge in [0, 0.05) is 19.1 Å². The molecule has 0 saturated carbocycles. The highest BCUT2D eigenvalue weighted by molar-refractivity contribution is 6.18. The van der Waals surface area contributed by atoms with Crippen molar-refractivity contribution in [3.8, 4) is 5.75 Å². The molecule has 2 aromatic rings. The maximum atomic E-state index is 6.06. The minimum atomic E-state index is 0.352. The number of hydrogen-bond donors (Lipinski definition) is 0. The molecule has 19 heavy (non-hydrogen) atoms. The third kappa shape index (κ3) is 3.96. The molecule has 0 bridgehead atoms. The Balaban J connectivity index is 2.01. The fourth-order valence-corrected chi connectivity index (χ4v) is 2.32. The highest BCUT2D eigenvalue weighted by atomic mass is 35.5. The van der Waals surface area contributed by atoms with Gasteiger partial charge in [-0.3, -0.25) is 4.68 Å². The first-order chi connectivity index (χ1) is 9.21. The van der Waals surface area contributed by atoms with E-state index in [9.17, 15) is 0 Å². The van der Waals surface area contributed by atoms with Gasteiger partial charge in [-0.05, 0) is 36.5 Å². The van der Waals surface area contributed by atoms with Crippen molar-refractivity contribution in [2.75, 3.05) is 13.0 Å². The summed E-state index contributed by atoms with van der Waals surface area (Å²) in [4.78, 5) is 0. The summed E-state index contributed by atoms with van der Waals surface area (Å²) in [5, 5.41) is 8.05. The third-order valence-corrected chi connectivity index (χ3v) is 3.46. The molecule has 0 aliphatic heterocycles. The Morgan fingerprint density at radius 1 is 1.37 bits per heavy atom. The molecule has 1 heterocycles. The summed E-state index contributed by atoms with van der Waals surface area (Å²) in [5.74, 6) is 1.84. The zero-order valence-corrected chi connectivity index (χ0v) is 12.0. The van der Waals surface area contributed by atoms with Crippen molar-refractivity contribution < 1.29 is 4.74 Å². The summed E-state index contributed by atoms with van der Waals surface area (Å²) in [7, 11) is 3.55. The maximum Gasteiger partial charge on any atom is 0.119 e. The van der Waals surface area contributed by atoms with Gasteiger partial charge < -0.3 is 4.74 Å². The van der Waals surface area contributed by atoms with Crippen LogP contribution < -0.4 is 4.74 Å². The van der Waals surface area contributed by atoms with E-state index in [2.05, 4.69) is 22.4 Å². The number of hydrogen-bond acceptors (Lipinski definition) is 3. The van der Waals surface area contributed by atoms with E-state index >= 15 is 0 Å². The zero-order valence-electron chi connectivity index (χ0n) is 11.2. The molecule has 1 aromatic heterocycles. The Kier molecular flexibility index (Phi) is 4.80. The average Bonchev–Trinajstić information content (AvgIpc) is 2.83. The highest BCUT2D eigenvalue weighted by Crippen LogP contribution is 2.19. The lowest BCUT2D eigenvalue weighted by atomic mass is 9.96. The summed E-state index contributed by atoms with van der Waals surface area (Å²) in [6.07, 6.45) is 3.69. The lowest BCUT2D eigenvalue weighted by Crippen LogP contribution is -2.10. The predicted octanol–water partition coefficient (Wildman–Crippen LogP) is 2.46. The quantitative estimate of drug-likeness (QED) is 0.763. The van der Waals surface area contributed by atoms with Gasteiger partial charge in [0.1, 0.15) is 5.75 Å². The molecule has 0 saturated heterocycles. The first kappa shape index (κ1) is 13.9. The number of aryl methyl sites for hydroxylation is 1. The number of alkyl halides is 1. The number of halogens is 1. The van der Waals surface area contributed by atoms with E-state index in [1.807, 2.05) is 25.4 Å². The second kappa shape index (κ2) is 6.57. The van der Waals surface area contributed by atoms with Crippen LogP contribution in [0.2, 0.25) is 0 Å². The van der Waals surface area contributed by atoms with E-state index in [4.69, 9.17) is 16.3 Å². The van der Waals surface area contributed by atoms with Gasteiger partial charge in [-0.25, -0.2) is 0 Å². The molecular formula is C14H18ClN3O. The number of benzene rings is 1. The summed E-state index contributed by atoms with van der Waals surface area (Å²) in [6.45, 7) is 0. The van der Waals surface area contributed by atoms with Crippen molar-refractivity contribution in [3.05, 3.63) is 41.7 Å². The van der Waals surface area contributed by atoms with Gasteiger partial charge in [0.15, 0.2) is 0 Å². The van der Waals surface area contributed by atoms with Crippen LogP contribution in [0, 0.1) is 5.92 Å². The van der Waals surface area contributed by atoms with Crippen molar-refractivity contribution in [1.29, 1.82) is 0 Å². The van der Waals surface area contributed by atoms with Crippen LogP contribution in [0.4, 0.5) is 0 Å². The van der Waals surface area contributed by atoms with E-state index in [1.165, 1.54) is 5.56 Å². The van der Waals surface area contributed by atoms with Crippen LogP contribution in [0.3, 0.4) is 0 Å². The number of ether oxygens (including phenoxy) is 1. The largest absolute Gasteiger partial charge is 0.497 e. The second-order valence-corrected chi connectivity index (χ2v) is 4.97. The topological polar surface area (TPSA) is 39.9 Å². The molecule has 0 aliphatic rings. The molecule has 0 amide bonds. The Labute approximate surface area is 118 Å². The smallest absolute Gasteiger partial charge is 0.119 e. The first-order valence-electron chi connectivity index (χ1n) is 6.25. The van der Waals surface area contributed by atoms with Crippen LogP contribution >= 0.6 is 11.6 Å². The maximum absolute atomic E-state index is 6.06. The highest BCUT2D eigenvalue weighted by Gasteiger charge is 2.12. The molecule has 1 unspecified atom stereocenters. The van der Waals surface area contributed by atoms with Crippen molar-refractivity contribution in [1.82, 2.24) is 15.0 Å². The molecule has 0 N–H and O–H groups in total. The summed E-state index contributed by atoms with van der Waals surface area (Å²) >= 11 is 6.06. The molecule has 0 fully saturated rings. The fraction of sp³-hybridized carbons (Fsp3) is 0.429. The second-order valence-electron chi connectivity index (χ2n) is 4.66. The lowest BCUT2D eigenvalue weighted by molar-refractivity contribution is 0.414. The molecular weight excluding hydrogens is 262 g/mol. The molecule has 2 rings (SSSR count). The van der Waals surface area contributed by atoms with Gasteiger partial charge in [0.2, 0.25) is 0 Å². The van der Waals surface area contributed by atoms with E-state index in [0.717, 1.165) is 24.3 Å². The normalized spacial score (nSPS) is 12.4. The van der Waals surface area contributed by atoms with Crippen molar-refractivity contribution >= 4 is 11.6 Å². The van der Waals surface area contributed by atoms with Crippen LogP contribution in [0.1, 0.15) is 11.3 Å². The minimum absolute atomic E-state index is 0.352. The molecule has 0 spiro atoms. The van der Waals surface area contributed by atoms with Gasteiger partial charge in [0.05, 0.1) is 12.8 Å². The Morgan fingerprint density at radius 3 is 2.84 bits per heavy atom. The molecule has 4 nitrogen and oxygen atoms in total. The molecule has 5 heteroatoms. The molecule has 1 atom stereocenters. The van der Waals surface area contributed by atoms with Gasteiger partial charge in [-0.15, -0.1) is 16.7 Å². The SMILES string of the molecule is COc1cccc(CC(CCl)Cc2cn(C)nn2)c1. The van der Waals surface area contributed by atoms with Gasteiger partial charge >= 0.3 is 0 Å². The Morgan fingerprint density at radius 2 is 2.21 bits per heavy atom. The van der Waals surface area contributed by atoms with Gasteiger partial charge in [-0.1, -0.05) is 17.3 Å². The number of aromatic nitrogens is 3. The van der Waals surface area contributed by atoms with Crippen molar-refractivity contribution in [2.45, 2.75) is 12.8 Å². The predicted molar refractivity (Wildman–Crippen MR) is 75.6 cm³/mol. The first-order valence-corrected chi connectivity index (χ1v) is 6.79. The van der Waals surface area contributed by atoms with Gasteiger partial charge in [0.25, 0.3) is 0 Å². The fourth-order valence-electron chi connectivity index (χ4n) is 2.10. The lowest BCUT2D eigenvalue weighted by Gasteiger charge is -2.12. The van der Waals surface area contributed by atoms with E-state index in [0.29, 0.717) is 11.8 Å². The number of rotatable bonds is 6. The number of nitrogens with zero attached hydrogens (tertiary/aromatic N) is 3. The Bertz CT molecular complexity index is 527. The van der Waals surface area contributed by atoms with Crippen LogP contribution in [-0.4, -0.2) is 28.0 Å². The van der Waals surface area contributed by atoms with Crippen LogP contribution in [-0.2, 0) is 19.9 Å². The van der Waals surface area contributed by atoms with Crippen molar-refractivity contribution in [3.63, 3.8) is 0 Å². The monoisotopic (exact) mass is 279 g/mol. The van der Waals surface area contributed by atoms with Crippen LogP contribution in [0.25, 0.3) is 0 Å². The average molecular weight is 280 g/mol. The molecule has 1 aromatic carbocycles. The number of methoxy groups -OCH3 is 1. The Hall–Kier alpha value is -1.55. The molecule has 0 radical (unpaired) electrons. The summed E-state index contributed by atoms with van der Waals surface area (Å²) < 4.78 is 6.95. The van der Waals surface area contributed by atoms with E-state index in [-0.39, 0.29) is 0 Å². The van der Waals surface area contributed by atoms with E-state index < -0.39 is 0 Å². The summed E-state index contributed by atoms with van der Waals surface area (Å²) in [5.41, 5.74) is 2.21. The van der Waals surface area contributed by atoms with E-state index in [1.54, 1.807) is 11.8 Å². The van der Waals surface area contributed by atoms with Gasteiger partial charge in [-0.2, -0.15) is 0 Å². The van der Waals surface area contributed by atoms with Crippen molar-refractivity contribution in [2.24, 2.45) is 13.0 Å².